The first-order valence-electron chi connectivity index (χ1n) is 5.12. The maximum atomic E-state index is 11.5. The van der Waals surface area contributed by atoms with Crippen LogP contribution in [0, 0.1) is 0 Å². The molecule has 0 spiro atoms. The number of Topliss-reactive ketones (excluding diaryl/α,β-unsaturated/α-hetero) is 1. The summed E-state index contributed by atoms with van der Waals surface area (Å²) >= 11 is 0. The smallest absolute Gasteiger partial charge is 0.162 e. The molecule has 0 N–H and O–H groups in total. The van der Waals surface area contributed by atoms with Crippen LogP contribution in [0.2, 0.25) is 0 Å². The van der Waals surface area contributed by atoms with Gasteiger partial charge >= 0.3 is 0 Å². The number of nitrogens with zero attached hydrogens (tertiary/aromatic N) is 1. The molecule has 1 aliphatic heterocycles. The normalized spacial score (nSPS) is 23.0. The van der Waals surface area contributed by atoms with Gasteiger partial charge in [0.1, 0.15) is 6.10 Å². The summed E-state index contributed by atoms with van der Waals surface area (Å²) in [5.41, 5.74) is 0. The minimum atomic E-state index is -0.231. The largest absolute Gasteiger partial charge is 0.368 e. The number of ether oxygens (including phenoxy) is 1. The summed E-state index contributed by atoms with van der Waals surface area (Å²) in [6.07, 6.45) is 3.72. The molecule has 1 heterocycles. The summed E-state index contributed by atoms with van der Waals surface area (Å²) in [5.74, 6) is 0.233. The molecule has 1 atom stereocenters. The molecular weight excluding hydrogens is 166 g/mol. The Morgan fingerprint density at radius 3 is 3.00 bits per heavy atom. The molecule has 1 aliphatic rings. The van der Waals surface area contributed by atoms with Crippen LogP contribution in [0.4, 0.5) is 0 Å². The van der Waals surface area contributed by atoms with E-state index in [9.17, 15) is 4.79 Å². The Kier molecular flexibility index (Phi) is 5.01. The number of carbonyl (C=O) groups excluding carboxylic acids is 1. The summed E-state index contributed by atoms with van der Waals surface area (Å²) in [4.78, 5) is 11.5. The third kappa shape index (κ3) is 3.87. The fourth-order valence-corrected chi connectivity index (χ4v) is 1.43. The van der Waals surface area contributed by atoms with Crippen LogP contribution in [-0.4, -0.2) is 31.6 Å². The zero-order chi connectivity index (χ0) is 9.52. The topological polar surface area (TPSA) is 40.4 Å². The van der Waals surface area contributed by atoms with Crippen molar-refractivity contribution in [3.63, 3.8) is 0 Å². The lowest BCUT2D eigenvalue weighted by Crippen LogP contribution is -2.39. The van der Waals surface area contributed by atoms with Gasteiger partial charge in [-0.2, -0.15) is 0 Å². The molecule has 1 rings (SSSR count). The molecular formula is C10H18NO2. The molecule has 75 valence electrons. The second-order valence-corrected chi connectivity index (χ2v) is 3.41. The third-order valence-corrected chi connectivity index (χ3v) is 2.25. The van der Waals surface area contributed by atoms with E-state index in [2.05, 4.69) is 12.2 Å². The van der Waals surface area contributed by atoms with Gasteiger partial charge in [0, 0.05) is 19.5 Å². The monoisotopic (exact) mass is 184 g/mol. The first kappa shape index (κ1) is 10.7. The number of morpholine rings is 1. The average molecular weight is 184 g/mol. The molecule has 1 radical (unpaired) electrons. The van der Waals surface area contributed by atoms with Crippen molar-refractivity contribution in [2.75, 3.05) is 19.7 Å². The van der Waals surface area contributed by atoms with Crippen molar-refractivity contribution in [1.82, 2.24) is 5.32 Å². The van der Waals surface area contributed by atoms with E-state index in [0.29, 0.717) is 19.6 Å². The maximum Gasteiger partial charge on any atom is 0.162 e. The molecule has 0 aliphatic carbocycles. The molecule has 0 aromatic carbocycles. The number of rotatable bonds is 5. The second kappa shape index (κ2) is 6.11. The van der Waals surface area contributed by atoms with Gasteiger partial charge < -0.3 is 4.74 Å². The van der Waals surface area contributed by atoms with Gasteiger partial charge in [0.15, 0.2) is 5.78 Å². The molecule has 13 heavy (non-hydrogen) atoms. The van der Waals surface area contributed by atoms with Crippen molar-refractivity contribution in [3.8, 4) is 0 Å². The summed E-state index contributed by atoms with van der Waals surface area (Å²) in [5, 5.41) is 4.16. The summed E-state index contributed by atoms with van der Waals surface area (Å²) in [6, 6.07) is 0. The molecule has 3 heteroatoms. The number of hydrogen-bond donors (Lipinski definition) is 0. The first-order chi connectivity index (χ1) is 6.34. The van der Waals surface area contributed by atoms with Crippen LogP contribution in [0.3, 0.4) is 0 Å². The molecule has 0 amide bonds. The highest BCUT2D eigenvalue weighted by molar-refractivity contribution is 5.83. The lowest BCUT2D eigenvalue weighted by Gasteiger charge is -2.21. The second-order valence-electron chi connectivity index (χ2n) is 3.41. The summed E-state index contributed by atoms with van der Waals surface area (Å²) in [7, 11) is 0. The van der Waals surface area contributed by atoms with E-state index >= 15 is 0 Å². The van der Waals surface area contributed by atoms with Gasteiger partial charge in [-0.05, 0) is 6.42 Å². The molecule has 1 unspecified atom stereocenters. The molecule has 1 fully saturated rings. The van der Waals surface area contributed by atoms with Crippen LogP contribution < -0.4 is 5.32 Å². The first-order valence-corrected chi connectivity index (χ1v) is 5.12. The molecule has 3 nitrogen and oxygen atoms in total. The zero-order valence-corrected chi connectivity index (χ0v) is 8.29. The average Bonchev–Trinajstić information content (AvgIpc) is 2.19. The van der Waals surface area contributed by atoms with Crippen LogP contribution in [0.5, 0.6) is 0 Å². The van der Waals surface area contributed by atoms with Gasteiger partial charge in [-0.3, -0.25) is 4.79 Å². The summed E-state index contributed by atoms with van der Waals surface area (Å²) in [6.45, 7) is 4.07. The van der Waals surface area contributed by atoms with Crippen molar-refractivity contribution in [2.24, 2.45) is 0 Å². The van der Waals surface area contributed by atoms with Crippen LogP contribution in [-0.2, 0) is 9.53 Å². The van der Waals surface area contributed by atoms with Crippen molar-refractivity contribution in [1.29, 1.82) is 0 Å². The molecule has 1 saturated heterocycles. The number of unbranched alkanes of at least 4 members (excludes halogenated alkanes) is 2. The fraction of sp³-hybridized carbons (Fsp3) is 0.900. The van der Waals surface area contributed by atoms with Gasteiger partial charge in [0.25, 0.3) is 0 Å². The highest BCUT2D eigenvalue weighted by Gasteiger charge is 2.21. The summed E-state index contributed by atoms with van der Waals surface area (Å²) < 4.78 is 5.33. The van der Waals surface area contributed by atoms with E-state index in [0.717, 1.165) is 25.8 Å². The van der Waals surface area contributed by atoms with Crippen LogP contribution in [0.1, 0.15) is 32.6 Å². The van der Waals surface area contributed by atoms with E-state index < -0.39 is 0 Å². The minimum Gasteiger partial charge on any atom is -0.368 e. The van der Waals surface area contributed by atoms with Crippen molar-refractivity contribution in [3.05, 3.63) is 0 Å². The number of hydrogen-bond acceptors (Lipinski definition) is 2. The van der Waals surface area contributed by atoms with Crippen molar-refractivity contribution in [2.45, 2.75) is 38.7 Å². The van der Waals surface area contributed by atoms with Gasteiger partial charge in [0.2, 0.25) is 0 Å². The lowest BCUT2D eigenvalue weighted by atomic mass is 10.1. The highest BCUT2D eigenvalue weighted by atomic mass is 16.5. The van der Waals surface area contributed by atoms with Crippen LogP contribution >= 0.6 is 0 Å². The SMILES string of the molecule is CCCCCC(=O)C1C[N]CCO1. The number of ketones is 1. The van der Waals surface area contributed by atoms with E-state index in [4.69, 9.17) is 4.74 Å². The molecule has 0 aromatic heterocycles. The third-order valence-electron chi connectivity index (χ3n) is 2.25. The Labute approximate surface area is 79.8 Å². The van der Waals surface area contributed by atoms with E-state index in [-0.39, 0.29) is 11.9 Å². The fourth-order valence-electron chi connectivity index (χ4n) is 1.43. The zero-order valence-electron chi connectivity index (χ0n) is 8.29. The van der Waals surface area contributed by atoms with Crippen LogP contribution in [0.15, 0.2) is 0 Å². The van der Waals surface area contributed by atoms with Gasteiger partial charge in [-0.15, -0.1) is 0 Å². The van der Waals surface area contributed by atoms with Gasteiger partial charge in [-0.25, -0.2) is 5.32 Å². The standard InChI is InChI=1S/C10H18NO2/c1-2-3-4-5-9(12)10-8-11-6-7-13-10/h10H,2-8H2,1H3. The molecule has 0 saturated carbocycles. The minimum absolute atomic E-state index is 0.231. The van der Waals surface area contributed by atoms with E-state index in [1.807, 2.05) is 0 Å². The van der Waals surface area contributed by atoms with Gasteiger partial charge in [0.05, 0.1) is 6.61 Å². The quantitative estimate of drug-likeness (QED) is 0.601. The number of carbonyl (C=O) groups is 1. The van der Waals surface area contributed by atoms with E-state index in [1.165, 1.54) is 0 Å². The highest BCUT2D eigenvalue weighted by Crippen LogP contribution is 2.06. The van der Waals surface area contributed by atoms with Crippen molar-refractivity contribution < 1.29 is 9.53 Å². The Morgan fingerprint density at radius 1 is 1.54 bits per heavy atom. The van der Waals surface area contributed by atoms with Crippen molar-refractivity contribution >= 4 is 5.78 Å². The predicted octanol–water partition coefficient (Wildman–Crippen LogP) is 1.14. The maximum absolute atomic E-state index is 11.5. The Balaban J connectivity index is 2.13. The Morgan fingerprint density at radius 2 is 2.38 bits per heavy atom. The lowest BCUT2D eigenvalue weighted by molar-refractivity contribution is -0.132. The van der Waals surface area contributed by atoms with Crippen LogP contribution in [0.25, 0.3) is 0 Å². The predicted molar refractivity (Wildman–Crippen MR) is 50.8 cm³/mol. The van der Waals surface area contributed by atoms with E-state index in [1.54, 1.807) is 0 Å². The Bertz CT molecular complexity index is 153. The Hall–Kier alpha value is -0.410. The molecule has 0 aromatic rings. The molecule has 0 bridgehead atoms. The van der Waals surface area contributed by atoms with Gasteiger partial charge in [-0.1, -0.05) is 19.8 Å².